The maximum absolute atomic E-state index is 12.8. The van der Waals surface area contributed by atoms with Crippen LogP contribution in [0.2, 0.25) is 0 Å². The Kier molecular flexibility index (Phi) is 58.9. The van der Waals surface area contributed by atoms with Crippen molar-refractivity contribution in [3.63, 3.8) is 0 Å². The van der Waals surface area contributed by atoms with Crippen molar-refractivity contribution >= 4 is 17.9 Å². The molecule has 1 atom stereocenters. The minimum atomic E-state index is -0.809. The van der Waals surface area contributed by atoms with E-state index in [-0.39, 0.29) is 37.5 Å². The highest BCUT2D eigenvalue weighted by Gasteiger charge is 2.19. The van der Waals surface area contributed by atoms with E-state index in [4.69, 9.17) is 14.2 Å². The number of rotatable bonds is 54. The molecule has 428 valence electrons. The van der Waals surface area contributed by atoms with Gasteiger partial charge in [0.2, 0.25) is 0 Å². The number of esters is 3. The number of carbonyl (C=O) groups is 3. The Morgan fingerprint density at radius 3 is 0.842 bits per heavy atom. The molecule has 6 heteroatoms. The van der Waals surface area contributed by atoms with Gasteiger partial charge >= 0.3 is 17.9 Å². The van der Waals surface area contributed by atoms with Crippen molar-refractivity contribution in [1.82, 2.24) is 0 Å². The van der Waals surface area contributed by atoms with Gasteiger partial charge < -0.3 is 14.2 Å². The number of ether oxygens (including phenoxy) is 3. The summed E-state index contributed by atoms with van der Waals surface area (Å²) in [5.41, 5.74) is 0. The fraction of sp³-hybridized carbons (Fsp3) is 0.614. The zero-order valence-electron chi connectivity index (χ0n) is 49.0. The molecule has 0 aromatic carbocycles. The van der Waals surface area contributed by atoms with Crippen LogP contribution in [-0.4, -0.2) is 37.2 Å². The Labute approximate surface area is 467 Å². The van der Waals surface area contributed by atoms with Gasteiger partial charge in [-0.3, -0.25) is 14.4 Å². The van der Waals surface area contributed by atoms with E-state index >= 15 is 0 Å². The number of carbonyl (C=O) groups excluding carboxylic acids is 3. The molecule has 0 aliphatic heterocycles. The molecule has 6 nitrogen and oxygen atoms in total. The van der Waals surface area contributed by atoms with Crippen LogP contribution in [0.3, 0.4) is 0 Å². The van der Waals surface area contributed by atoms with Crippen LogP contribution in [-0.2, 0) is 28.6 Å². The van der Waals surface area contributed by atoms with E-state index in [1.807, 2.05) is 0 Å². The van der Waals surface area contributed by atoms with Gasteiger partial charge in [0.15, 0.2) is 6.10 Å². The SMILES string of the molecule is CC/C=C\C/C=C\C/C=C\C/C=C\C/C=C\C/C=C\C/C=C\CCCCCCCCCCCCCCCC(=O)OCC(COC(=O)CCCCCCCC)OC(=O)CCC/C=C\C/C=C\C/C=C\C/C=C\C/C=C\CC. The van der Waals surface area contributed by atoms with Gasteiger partial charge in [-0.25, -0.2) is 0 Å². The van der Waals surface area contributed by atoms with Crippen LogP contribution in [0.1, 0.15) is 258 Å². The predicted octanol–water partition coefficient (Wildman–Crippen LogP) is 21.2. The molecular formula is C70H112O6. The van der Waals surface area contributed by atoms with Gasteiger partial charge in [0, 0.05) is 19.3 Å². The van der Waals surface area contributed by atoms with Gasteiger partial charge in [0.1, 0.15) is 13.2 Å². The van der Waals surface area contributed by atoms with E-state index in [1.165, 1.54) is 89.9 Å². The van der Waals surface area contributed by atoms with Crippen molar-refractivity contribution < 1.29 is 28.6 Å². The molecule has 0 rings (SSSR count). The van der Waals surface area contributed by atoms with Crippen LogP contribution in [0.15, 0.2) is 146 Å². The van der Waals surface area contributed by atoms with Gasteiger partial charge in [0.25, 0.3) is 0 Å². The smallest absolute Gasteiger partial charge is 0.306 e. The van der Waals surface area contributed by atoms with Crippen LogP contribution >= 0.6 is 0 Å². The molecule has 0 aromatic rings. The zero-order valence-corrected chi connectivity index (χ0v) is 49.0. The number of unbranched alkanes of at least 4 members (excludes halogenated alkanes) is 19. The first-order valence-corrected chi connectivity index (χ1v) is 30.8. The molecule has 0 bridgehead atoms. The van der Waals surface area contributed by atoms with Gasteiger partial charge in [-0.05, 0) is 116 Å². The van der Waals surface area contributed by atoms with Crippen molar-refractivity contribution in [1.29, 1.82) is 0 Å². The van der Waals surface area contributed by atoms with Crippen LogP contribution in [0, 0.1) is 0 Å². The minimum Gasteiger partial charge on any atom is -0.462 e. The molecule has 0 amide bonds. The lowest BCUT2D eigenvalue weighted by Gasteiger charge is -2.18. The molecule has 0 aromatic heterocycles. The van der Waals surface area contributed by atoms with Crippen LogP contribution < -0.4 is 0 Å². The monoisotopic (exact) mass is 1050 g/mol. The van der Waals surface area contributed by atoms with E-state index < -0.39 is 6.10 Å². The second-order valence-electron chi connectivity index (χ2n) is 19.9. The second kappa shape index (κ2) is 62.8. The third-order valence-corrected chi connectivity index (χ3v) is 12.6. The summed E-state index contributed by atoms with van der Waals surface area (Å²) in [6.45, 7) is 6.29. The van der Waals surface area contributed by atoms with Crippen molar-refractivity contribution in [2.24, 2.45) is 0 Å². The first-order chi connectivity index (χ1) is 37.5. The second-order valence-corrected chi connectivity index (χ2v) is 19.9. The lowest BCUT2D eigenvalue weighted by molar-refractivity contribution is -0.167. The van der Waals surface area contributed by atoms with Gasteiger partial charge in [-0.1, -0.05) is 269 Å². The molecule has 0 saturated heterocycles. The van der Waals surface area contributed by atoms with Crippen LogP contribution in [0.5, 0.6) is 0 Å². The molecule has 0 aliphatic carbocycles. The summed E-state index contributed by atoms with van der Waals surface area (Å²) in [7, 11) is 0. The Hall–Kier alpha value is -4.71. The Morgan fingerprint density at radius 2 is 0.526 bits per heavy atom. The summed E-state index contributed by atoms with van der Waals surface area (Å²) in [6, 6.07) is 0. The van der Waals surface area contributed by atoms with E-state index in [2.05, 4.69) is 167 Å². The maximum atomic E-state index is 12.8. The highest BCUT2D eigenvalue weighted by Crippen LogP contribution is 2.15. The molecular weight excluding hydrogens is 937 g/mol. The first-order valence-electron chi connectivity index (χ1n) is 30.8. The lowest BCUT2D eigenvalue weighted by Crippen LogP contribution is -2.30. The largest absolute Gasteiger partial charge is 0.462 e. The molecule has 0 spiro atoms. The number of hydrogen-bond donors (Lipinski definition) is 0. The zero-order chi connectivity index (χ0) is 55.0. The minimum absolute atomic E-state index is 0.104. The van der Waals surface area contributed by atoms with Crippen molar-refractivity contribution in [3.05, 3.63) is 146 Å². The average Bonchev–Trinajstić information content (AvgIpc) is 3.42. The molecule has 0 aliphatic rings. The standard InChI is InChI=1S/C70H112O6/c1-4-7-10-13-16-18-20-22-24-26-27-28-29-30-31-32-33-34-35-36-37-38-39-40-41-42-43-45-46-48-50-52-54-57-60-63-69(72)75-66-67(65-74-68(71)62-59-56-15-12-9-6-3)76-70(73)64-61-58-55-53-51-49-47-44-25-23-21-19-17-14-11-8-5-2/h7-8,10-11,16-19,22-25,27-28,30-31,33-34,36-37,47,49,53,55,67H,4-6,9,12-15,20-21,26,29,32,35,38-46,48,50-52,54,56-66H2,1-3H3/b10-7-,11-8-,18-16-,19-17-,24-22-,25-23-,28-27-,31-30-,34-33-,37-36-,49-47-,55-53-. The van der Waals surface area contributed by atoms with E-state index in [0.29, 0.717) is 19.3 Å². The maximum Gasteiger partial charge on any atom is 0.306 e. The average molecular weight is 1050 g/mol. The molecule has 0 radical (unpaired) electrons. The Morgan fingerprint density at radius 1 is 0.276 bits per heavy atom. The highest BCUT2D eigenvalue weighted by molar-refractivity contribution is 5.71. The first kappa shape index (κ1) is 71.3. The number of allylic oxidation sites excluding steroid dienone is 24. The van der Waals surface area contributed by atoms with Crippen molar-refractivity contribution in [2.45, 2.75) is 264 Å². The fourth-order valence-electron chi connectivity index (χ4n) is 8.05. The van der Waals surface area contributed by atoms with Gasteiger partial charge in [0.05, 0.1) is 0 Å². The van der Waals surface area contributed by atoms with Gasteiger partial charge in [-0.15, -0.1) is 0 Å². The molecule has 0 N–H and O–H groups in total. The Bertz CT molecular complexity index is 1680. The molecule has 0 heterocycles. The van der Waals surface area contributed by atoms with E-state index in [0.717, 1.165) is 122 Å². The van der Waals surface area contributed by atoms with E-state index in [9.17, 15) is 14.4 Å². The molecule has 0 saturated carbocycles. The summed E-state index contributed by atoms with van der Waals surface area (Å²) in [5.74, 6) is -0.977. The summed E-state index contributed by atoms with van der Waals surface area (Å²) in [6.07, 6.45) is 90.4. The normalized spacial score (nSPS) is 13.1. The summed E-state index contributed by atoms with van der Waals surface area (Å²) < 4.78 is 16.7. The number of hydrogen-bond acceptors (Lipinski definition) is 6. The van der Waals surface area contributed by atoms with Crippen molar-refractivity contribution in [2.75, 3.05) is 13.2 Å². The van der Waals surface area contributed by atoms with Crippen LogP contribution in [0.4, 0.5) is 0 Å². The fourth-order valence-corrected chi connectivity index (χ4v) is 8.05. The molecule has 0 fully saturated rings. The third-order valence-electron chi connectivity index (χ3n) is 12.6. The third kappa shape index (κ3) is 60.2. The quantitative estimate of drug-likeness (QED) is 0.0261. The summed E-state index contributed by atoms with van der Waals surface area (Å²) in [5, 5.41) is 0. The molecule has 76 heavy (non-hydrogen) atoms. The highest BCUT2D eigenvalue weighted by atomic mass is 16.6. The van der Waals surface area contributed by atoms with E-state index in [1.54, 1.807) is 0 Å². The lowest BCUT2D eigenvalue weighted by atomic mass is 10.0. The Balaban J connectivity index is 4.09. The van der Waals surface area contributed by atoms with Gasteiger partial charge in [-0.2, -0.15) is 0 Å². The molecule has 1 unspecified atom stereocenters. The summed E-state index contributed by atoms with van der Waals surface area (Å²) in [4.78, 5) is 37.9. The topological polar surface area (TPSA) is 78.9 Å². The summed E-state index contributed by atoms with van der Waals surface area (Å²) >= 11 is 0. The predicted molar refractivity (Wildman–Crippen MR) is 329 cm³/mol. The van der Waals surface area contributed by atoms with Crippen molar-refractivity contribution in [3.8, 4) is 0 Å². The van der Waals surface area contributed by atoms with Crippen LogP contribution in [0.25, 0.3) is 0 Å².